The van der Waals surface area contributed by atoms with Gasteiger partial charge in [0, 0.05) is 7.11 Å². The SMILES string of the molecule is C=CC(OC)c1ncc2nc[nH]c2n1. The first-order chi connectivity index (χ1) is 6.85. The van der Waals surface area contributed by atoms with E-state index >= 15 is 0 Å². The van der Waals surface area contributed by atoms with Crippen molar-refractivity contribution < 1.29 is 4.74 Å². The summed E-state index contributed by atoms with van der Waals surface area (Å²) in [5.74, 6) is 0.583. The van der Waals surface area contributed by atoms with E-state index in [-0.39, 0.29) is 6.10 Å². The molecule has 1 N–H and O–H groups in total. The molecule has 0 saturated carbocycles. The van der Waals surface area contributed by atoms with Crippen molar-refractivity contribution in [2.75, 3.05) is 7.11 Å². The summed E-state index contributed by atoms with van der Waals surface area (Å²) in [6.07, 6.45) is 4.61. The minimum absolute atomic E-state index is 0.275. The van der Waals surface area contributed by atoms with Gasteiger partial charge in [-0.25, -0.2) is 15.0 Å². The molecule has 5 heteroatoms. The third-order valence-corrected chi connectivity index (χ3v) is 1.92. The molecule has 1 atom stereocenters. The van der Waals surface area contributed by atoms with Crippen LogP contribution in [0.1, 0.15) is 11.9 Å². The number of nitrogens with zero attached hydrogens (tertiary/aromatic N) is 3. The fourth-order valence-corrected chi connectivity index (χ4v) is 1.20. The van der Waals surface area contributed by atoms with Gasteiger partial charge < -0.3 is 9.72 Å². The average molecular weight is 190 g/mol. The molecule has 2 aromatic heterocycles. The van der Waals surface area contributed by atoms with E-state index in [1.54, 1.807) is 25.7 Å². The van der Waals surface area contributed by atoms with Crippen LogP contribution < -0.4 is 0 Å². The Morgan fingerprint density at radius 2 is 2.43 bits per heavy atom. The molecule has 0 aliphatic heterocycles. The topological polar surface area (TPSA) is 63.7 Å². The number of imidazole rings is 1. The molecule has 2 rings (SSSR count). The fourth-order valence-electron chi connectivity index (χ4n) is 1.20. The molecule has 0 aliphatic rings. The lowest BCUT2D eigenvalue weighted by Crippen LogP contribution is -2.03. The zero-order valence-electron chi connectivity index (χ0n) is 7.77. The lowest BCUT2D eigenvalue weighted by Gasteiger charge is -2.07. The quantitative estimate of drug-likeness (QED) is 0.739. The van der Waals surface area contributed by atoms with Gasteiger partial charge in [-0.1, -0.05) is 6.08 Å². The first-order valence-electron chi connectivity index (χ1n) is 4.16. The predicted molar refractivity (Wildman–Crippen MR) is 51.6 cm³/mol. The summed E-state index contributed by atoms with van der Waals surface area (Å²) in [4.78, 5) is 15.3. The number of nitrogens with one attached hydrogen (secondary N) is 1. The molecule has 0 radical (unpaired) electrons. The van der Waals surface area contributed by atoms with E-state index in [1.807, 2.05) is 0 Å². The van der Waals surface area contributed by atoms with Crippen molar-refractivity contribution in [3.63, 3.8) is 0 Å². The number of fused-ring (bicyclic) bond motifs is 1. The first kappa shape index (κ1) is 8.83. The molecule has 0 spiro atoms. The molecule has 0 aliphatic carbocycles. The molecule has 0 fully saturated rings. The molecule has 0 bridgehead atoms. The highest BCUT2D eigenvalue weighted by atomic mass is 16.5. The van der Waals surface area contributed by atoms with E-state index in [4.69, 9.17) is 4.74 Å². The molecule has 5 nitrogen and oxygen atoms in total. The minimum Gasteiger partial charge on any atom is -0.369 e. The summed E-state index contributed by atoms with van der Waals surface area (Å²) in [6, 6.07) is 0. The van der Waals surface area contributed by atoms with Crippen molar-refractivity contribution in [3.8, 4) is 0 Å². The summed E-state index contributed by atoms with van der Waals surface area (Å²) in [6.45, 7) is 3.65. The van der Waals surface area contributed by atoms with Crippen molar-refractivity contribution in [3.05, 3.63) is 31.0 Å². The van der Waals surface area contributed by atoms with E-state index in [0.29, 0.717) is 11.5 Å². The van der Waals surface area contributed by atoms with Crippen LogP contribution in [0.3, 0.4) is 0 Å². The Kier molecular flexibility index (Phi) is 2.24. The second-order valence-electron chi connectivity index (χ2n) is 2.76. The molecule has 0 aromatic carbocycles. The number of H-pyrrole nitrogens is 1. The van der Waals surface area contributed by atoms with Gasteiger partial charge >= 0.3 is 0 Å². The maximum Gasteiger partial charge on any atom is 0.163 e. The van der Waals surface area contributed by atoms with Gasteiger partial charge in [-0.05, 0) is 0 Å². The first-order valence-corrected chi connectivity index (χ1v) is 4.16. The van der Waals surface area contributed by atoms with E-state index in [1.165, 1.54) is 0 Å². The monoisotopic (exact) mass is 190 g/mol. The minimum atomic E-state index is -0.275. The van der Waals surface area contributed by atoms with Gasteiger partial charge in [-0.2, -0.15) is 0 Å². The van der Waals surface area contributed by atoms with E-state index in [2.05, 4.69) is 26.5 Å². The molecule has 14 heavy (non-hydrogen) atoms. The lowest BCUT2D eigenvalue weighted by molar-refractivity contribution is 0.136. The number of aromatic amines is 1. The molecule has 0 saturated heterocycles. The largest absolute Gasteiger partial charge is 0.369 e. The Morgan fingerprint density at radius 1 is 1.57 bits per heavy atom. The van der Waals surface area contributed by atoms with E-state index in [0.717, 1.165) is 5.52 Å². The molecule has 0 amide bonds. The van der Waals surface area contributed by atoms with Gasteiger partial charge in [0.25, 0.3) is 0 Å². The number of aromatic nitrogens is 4. The number of hydrogen-bond acceptors (Lipinski definition) is 4. The second-order valence-corrected chi connectivity index (χ2v) is 2.76. The van der Waals surface area contributed by atoms with E-state index in [9.17, 15) is 0 Å². The maximum absolute atomic E-state index is 5.13. The Hall–Kier alpha value is -1.75. The Balaban J connectivity index is 2.47. The lowest BCUT2D eigenvalue weighted by atomic mass is 10.3. The average Bonchev–Trinajstić information content (AvgIpc) is 2.66. The predicted octanol–water partition coefficient (Wildman–Crippen LogP) is 1.23. The third-order valence-electron chi connectivity index (χ3n) is 1.92. The molecule has 72 valence electrons. The Labute approximate surface area is 80.9 Å². The highest BCUT2D eigenvalue weighted by molar-refractivity contribution is 5.68. The summed E-state index contributed by atoms with van der Waals surface area (Å²) >= 11 is 0. The standard InChI is InChI=1S/C9H10N4O/c1-3-7(14-2)9-10-4-6-8(13-9)12-5-11-6/h3-5,7H,1H2,2H3,(H,10,11,12,13). The van der Waals surface area contributed by atoms with Crippen LogP contribution in [0.5, 0.6) is 0 Å². The second kappa shape index (κ2) is 3.55. The van der Waals surface area contributed by atoms with Gasteiger partial charge in [-0.15, -0.1) is 6.58 Å². The third kappa shape index (κ3) is 1.38. The molecular weight excluding hydrogens is 180 g/mol. The number of methoxy groups -OCH3 is 1. The van der Waals surface area contributed by atoms with Gasteiger partial charge in [0.05, 0.1) is 12.5 Å². The fraction of sp³-hybridized carbons (Fsp3) is 0.222. The normalized spacial score (nSPS) is 12.9. The van der Waals surface area contributed by atoms with Gasteiger partial charge in [0.15, 0.2) is 11.5 Å². The smallest absolute Gasteiger partial charge is 0.163 e. The van der Waals surface area contributed by atoms with Crippen LogP contribution in [0, 0.1) is 0 Å². The summed E-state index contributed by atoms with van der Waals surface area (Å²) < 4.78 is 5.13. The number of rotatable bonds is 3. The van der Waals surface area contributed by atoms with Crippen LogP contribution in [-0.4, -0.2) is 27.0 Å². The van der Waals surface area contributed by atoms with Crippen LogP contribution in [0.4, 0.5) is 0 Å². The summed E-state index contributed by atoms with van der Waals surface area (Å²) in [7, 11) is 1.59. The van der Waals surface area contributed by atoms with Crippen LogP contribution in [-0.2, 0) is 4.74 Å². The van der Waals surface area contributed by atoms with Crippen LogP contribution >= 0.6 is 0 Å². The van der Waals surface area contributed by atoms with Crippen molar-refractivity contribution in [1.29, 1.82) is 0 Å². The zero-order valence-corrected chi connectivity index (χ0v) is 7.77. The Morgan fingerprint density at radius 3 is 3.14 bits per heavy atom. The van der Waals surface area contributed by atoms with Crippen LogP contribution in [0.2, 0.25) is 0 Å². The molecule has 2 heterocycles. The van der Waals surface area contributed by atoms with Gasteiger partial charge in [0.1, 0.15) is 11.6 Å². The van der Waals surface area contributed by atoms with Crippen molar-refractivity contribution in [1.82, 2.24) is 19.9 Å². The summed E-state index contributed by atoms with van der Waals surface area (Å²) in [5, 5.41) is 0. The van der Waals surface area contributed by atoms with Crippen molar-refractivity contribution >= 4 is 11.2 Å². The van der Waals surface area contributed by atoms with Gasteiger partial charge in [0.2, 0.25) is 0 Å². The number of hydrogen-bond donors (Lipinski definition) is 1. The van der Waals surface area contributed by atoms with Crippen molar-refractivity contribution in [2.24, 2.45) is 0 Å². The highest BCUT2D eigenvalue weighted by Gasteiger charge is 2.10. The van der Waals surface area contributed by atoms with Crippen molar-refractivity contribution in [2.45, 2.75) is 6.10 Å². The summed E-state index contributed by atoms with van der Waals surface area (Å²) in [5.41, 5.74) is 1.45. The maximum atomic E-state index is 5.13. The van der Waals surface area contributed by atoms with Crippen LogP contribution in [0.15, 0.2) is 25.2 Å². The Bertz CT molecular complexity index is 451. The van der Waals surface area contributed by atoms with Crippen LogP contribution in [0.25, 0.3) is 11.2 Å². The van der Waals surface area contributed by atoms with Gasteiger partial charge in [-0.3, -0.25) is 0 Å². The van der Waals surface area contributed by atoms with E-state index < -0.39 is 0 Å². The highest BCUT2D eigenvalue weighted by Crippen LogP contribution is 2.14. The number of ether oxygens (including phenoxy) is 1. The molecular formula is C9H10N4O. The molecule has 1 unspecified atom stereocenters. The zero-order chi connectivity index (χ0) is 9.97. The molecule has 2 aromatic rings.